The molecule has 0 aromatic heterocycles. The number of hydrogen-bond acceptors (Lipinski definition) is 2. The van der Waals surface area contributed by atoms with Gasteiger partial charge in [-0.05, 0) is 6.08 Å². The number of ether oxygens (including phenoxy) is 1. The highest BCUT2D eigenvalue weighted by Gasteiger charge is 2.19. The second-order valence-electron chi connectivity index (χ2n) is 2.93. The van der Waals surface area contributed by atoms with Crippen molar-refractivity contribution < 1.29 is 4.74 Å². The fourth-order valence-corrected chi connectivity index (χ4v) is 1.41. The molecule has 0 bridgehead atoms. The maximum atomic E-state index is 5.34. The van der Waals surface area contributed by atoms with E-state index in [1.165, 1.54) is 0 Å². The number of hydrogen-bond donors (Lipinski definition) is 0. The van der Waals surface area contributed by atoms with Crippen LogP contribution in [-0.2, 0) is 4.74 Å². The molecule has 12 heavy (non-hydrogen) atoms. The Morgan fingerprint density at radius 2 is 2.42 bits per heavy atom. The summed E-state index contributed by atoms with van der Waals surface area (Å²) in [6.45, 7) is 3.30. The van der Waals surface area contributed by atoms with Gasteiger partial charge in [0.2, 0.25) is 0 Å². The molecule has 65 valence electrons. The van der Waals surface area contributed by atoms with Gasteiger partial charge in [-0.3, -0.25) is 0 Å². The Hall–Kier alpha value is -0.800. The zero-order valence-electron chi connectivity index (χ0n) is 7.02. The van der Waals surface area contributed by atoms with Gasteiger partial charge >= 0.3 is 0 Å². The molecule has 2 heterocycles. The van der Waals surface area contributed by atoms with Crippen molar-refractivity contribution in [3.8, 4) is 0 Å². The lowest BCUT2D eigenvalue weighted by atomic mass is 10.3. The molecular formula is C9H13N2O. The average Bonchev–Trinajstić information content (AvgIpc) is 2.21. The minimum Gasteiger partial charge on any atom is -0.376 e. The van der Waals surface area contributed by atoms with E-state index in [4.69, 9.17) is 4.74 Å². The van der Waals surface area contributed by atoms with Crippen LogP contribution in [0.1, 0.15) is 0 Å². The van der Waals surface area contributed by atoms with Crippen LogP contribution in [-0.4, -0.2) is 37.4 Å². The van der Waals surface area contributed by atoms with E-state index in [1.54, 1.807) is 0 Å². The van der Waals surface area contributed by atoms with Crippen molar-refractivity contribution in [1.29, 1.82) is 0 Å². The summed E-state index contributed by atoms with van der Waals surface area (Å²) in [5.41, 5.74) is 0. The quantitative estimate of drug-likeness (QED) is 0.560. The Balaban J connectivity index is 1.90. The molecule has 0 N–H and O–H groups in total. The van der Waals surface area contributed by atoms with E-state index in [0.717, 1.165) is 26.3 Å². The Kier molecular flexibility index (Phi) is 2.44. The van der Waals surface area contributed by atoms with Crippen LogP contribution in [0, 0.1) is 0 Å². The van der Waals surface area contributed by atoms with Gasteiger partial charge in [0.05, 0.1) is 13.2 Å². The maximum Gasteiger partial charge on any atom is 0.119 e. The van der Waals surface area contributed by atoms with E-state index in [1.807, 2.05) is 6.08 Å². The van der Waals surface area contributed by atoms with Crippen LogP contribution in [0.4, 0.5) is 0 Å². The molecule has 0 aromatic carbocycles. The summed E-state index contributed by atoms with van der Waals surface area (Å²) in [4.78, 5) is 2.19. The van der Waals surface area contributed by atoms with Crippen LogP contribution < -0.4 is 5.32 Å². The van der Waals surface area contributed by atoms with E-state index in [2.05, 4.69) is 28.6 Å². The second-order valence-corrected chi connectivity index (χ2v) is 2.93. The van der Waals surface area contributed by atoms with E-state index in [9.17, 15) is 0 Å². The van der Waals surface area contributed by atoms with Gasteiger partial charge in [0, 0.05) is 19.3 Å². The SMILES string of the molecule is C1=CCN(C2COCC[N]2)C=C1. The summed E-state index contributed by atoms with van der Waals surface area (Å²) in [5, 5.41) is 4.47. The standard InChI is InChI=1S/C9H13N2O/c1-2-5-11(6-3-1)9-8-12-7-4-10-9/h1-3,5,9H,4,6-8H2. The van der Waals surface area contributed by atoms with Crippen molar-refractivity contribution in [3.63, 3.8) is 0 Å². The molecule has 3 heteroatoms. The van der Waals surface area contributed by atoms with Gasteiger partial charge in [0.25, 0.3) is 0 Å². The average molecular weight is 165 g/mol. The molecule has 1 unspecified atom stereocenters. The molecule has 2 aliphatic heterocycles. The fraction of sp³-hybridized carbons (Fsp3) is 0.556. The first-order chi connectivity index (χ1) is 5.97. The van der Waals surface area contributed by atoms with Crippen LogP contribution in [0.25, 0.3) is 0 Å². The summed E-state index contributed by atoms with van der Waals surface area (Å²) in [6.07, 6.45) is 8.53. The molecule has 2 aliphatic rings. The van der Waals surface area contributed by atoms with Gasteiger partial charge in [0.15, 0.2) is 0 Å². The molecule has 1 saturated heterocycles. The molecule has 0 saturated carbocycles. The fourth-order valence-electron chi connectivity index (χ4n) is 1.41. The number of rotatable bonds is 1. The number of morpholine rings is 1. The van der Waals surface area contributed by atoms with Crippen molar-refractivity contribution in [3.05, 3.63) is 24.4 Å². The minimum absolute atomic E-state index is 0.236. The van der Waals surface area contributed by atoms with Crippen LogP contribution in [0.5, 0.6) is 0 Å². The third-order valence-electron chi connectivity index (χ3n) is 2.07. The van der Waals surface area contributed by atoms with E-state index >= 15 is 0 Å². The molecule has 1 radical (unpaired) electrons. The summed E-state index contributed by atoms with van der Waals surface area (Å²) in [6, 6.07) is 0. The number of nitrogens with zero attached hydrogens (tertiary/aromatic N) is 2. The third-order valence-corrected chi connectivity index (χ3v) is 2.07. The van der Waals surface area contributed by atoms with Gasteiger partial charge < -0.3 is 9.64 Å². The molecular weight excluding hydrogens is 152 g/mol. The first kappa shape index (κ1) is 7.83. The highest BCUT2D eigenvalue weighted by atomic mass is 16.5. The van der Waals surface area contributed by atoms with Gasteiger partial charge in [-0.15, -0.1) is 0 Å². The predicted molar refractivity (Wildman–Crippen MR) is 46.6 cm³/mol. The minimum atomic E-state index is 0.236. The van der Waals surface area contributed by atoms with Crippen molar-refractivity contribution in [2.45, 2.75) is 6.17 Å². The zero-order valence-corrected chi connectivity index (χ0v) is 7.02. The Bertz CT molecular complexity index is 195. The van der Waals surface area contributed by atoms with Gasteiger partial charge in [0.1, 0.15) is 6.17 Å². The van der Waals surface area contributed by atoms with Crippen LogP contribution >= 0.6 is 0 Å². The summed E-state index contributed by atoms with van der Waals surface area (Å²) in [7, 11) is 0. The lowest BCUT2D eigenvalue weighted by Gasteiger charge is -2.32. The molecule has 0 aliphatic carbocycles. The van der Waals surface area contributed by atoms with E-state index in [-0.39, 0.29) is 6.17 Å². The second kappa shape index (κ2) is 3.74. The topological polar surface area (TPSA) is 26.6 Å². The first-order valence-corrected chi connectivity index (χ1v) is 4.30. The van der Waals surface area contributed by atoms with Crippen molar-refractivity contribution in [2.75, 3.05) is 26.3 Å². The monoisotopic (exact) mass is 165 g/mol. The van der Waals surface area contributed by atoms with E-state index in [0.29, 0.717) is 0 Å². The first-order valence-electron chi connectivity index (χ1n) is 4.30. The van der Waals surface area contributed by atoms with Gasteiger partial charge in [-0.25, -0.2) is 5.32 Å². The Morgan fingerprint density at radius 3 is 3.08 bits per heavy atom. The lowest BCUT2D eigenvalue weighted by molar-refractivity contribution is 0.0275. The largest absolute Gasteiger partial charge is 0.376 e. The Morgan fingerprint density at radius 1 is 1.42 bits per heavy atom. The normalized spacial score (nSPS) is 29.3. The van der Waals surface area contributed by atoms with Crippen LogP contribution in [0.2, 0.25) is 0 Å². The predicted octanol–water partition coefficient (Wildman–Crippen LogP) is 0.333. The maximum absolute atomic E-state index is 5.34. The zero-order chi connectivity index (χ0) is 8.23. The molecule has 0 aromatic rings. The highest BCUT2D eigenvalue weighted by Crippen LogP contribution is 2.06. The molecule has 1 atom stereocenters. The van der Waals surface area contributed by atoms with Crippen molar-refractivity contribution >= 4 is 0 Å². The third kappa shape index (κ3) is 1.68. The smallest absolute Gasteiger partial charge is 0.119 e. The summed E-state index contributed by atoms with van der Waals surface area (Å²) < 4.78 is 5.34. The van der Waals surface area contributed by atoms with Crippen molar-refractivity contribution in [1.82, 2.24) is 10.2 Å². The molecule has 0 spiro atoms. The van der Waals surface area contributed by atoms with Gasteiger partial charge in [-0.1, -0.05) is 12.2 Å². The summed E-state index contributed by atoms with van der Waals surface area (Å²) >= 11 is 0. The van der Waals surface area contributed by atoms with Crippen LogP contribution in [0.3, 0.4) is 0 Å². The molecule has 2 rings (SSSR count). The summed E-state index contributed by atoms with van der Waals surface area (Å²) in [5.74, 6) is 0. The highest BCUT2D eigenvalue weighted by molar-refractivity contribution is 5.09. The van der Waals surface area contributed by atoms with Crippen LogP contribution in [0.15, 0.2) is 24.4 Å². The molecule has 0 amide bonds. The Labute approximate surface area is 72.7 Å². The number of allylic oxidation sites excluding steroid dienone is 2. The van der Waals surface area contributed by atoms with Gasteiger partial charge in [-0.2, -0.15) is 0 Å². The molecule has 1 fully saturated rings. The lowest BCUT2D eigenvalue weighted by Crippen LogP contribution is -2.47. The van der Waals surface area contributed by atoms with Crippen molar-refractivity contribution in [2.24, 2.45) is 0 Å². The molecule has 3 nitrogen and oxygen atoms in total. The van der Waals surface area contributed by atoms with E-state index < -0.39 is 0 Å².